The van der Waals surface area contributed by atoms with E-state index in [-0.39, 0.29) is 4.21 Å². The molecule has 0 aliphatic rings. The number of thiophene rings is 1. The molecule has 1 aromatic carbocycles. The predicted octanol–water partition coefficient (Wildman–Crippen LogP) is 3.91. The third-order valence-corrected chi connectivity index (χ3v) is 6.94. The van der Waals surface area contributed by atoms with Gasteiger partial charge in [-0.05, 0) is 40.2 Å². The Hall–Kier alpha value is -1.22. The van der Waals surface area contributed by atoms with E-state index >= 15 is 0 Å². The summed E-state index contributed by atoms with van der Waals surface area (Å²) in [6, 6.07) is 6.37. The molecule has 3 rings (SSSR count). The SMILES string of the molecule is O=S(=O)(Nc1ccc2nccnc2c1)c1cc(Cl)c(Br)s1. The topological polar surface area (TPSA) is 72.0 Å². The zero-order valence-corrected chi connectivity index (χ0v) is 14.2. The maximum absolute atomic E-state index is 12.3. The number of benzene rings is 1. The van der Waals surface area contributed by atoms with Crippen molar-refractivity contribution in [3.05, 3.63) is 45.5 Å². The third-order valence-electron chi connectivity index (χ3n) is 2.61. The molecule has 0 fully saturated rings. The number of hydrogen-bond acceptors (Lipinski definition) is 5. The molecular weight excluding hydrogens is 398 g/mol. The molecule has 0 unspecified atom stereocenters. The van der Waals surface area contributed by atoms with E-state index in [9.17, 15) is 8.42 Å². The molecule has 5 nitrogen and oxygen atoms in total. The summed E-state index contributed by atoms with van der Waals surface area (Å²) >= 11 is 10.1. The van der Waals surface area contributed by atoms with Gasteiger partial charge in [-0.2, -0.15) is 0 Å². The van der Waals surface area contributed by atoms with Crippen molar-refractivity contribution in [3.8, 4) is 0 Å². The molecule has 3 aromatic rings. The smallest absolute Gasteiger partial charge is 0.271 e. The fourth-order valence-electron chi connectivity index (χ4n) is 1.69. The fraction of sp³-hybridized carbons (Fsp3) is 0. The van der Waals surface area contributed by atoms with Crippen LogP contribution in [0.2, 0.25) is 5.02 Å². The van der Waals surface area contributed by atoms with E-state index < -0.39 is 10.0 Å². The lowest BCUT2D eigenvalue weighted by Crippen LogP contribution is -2.11. The van der Waals surface area contributed by atoms with Crippen molar-refractivity contribution in [1.82, 2.24) is 9.97 Å². The first-order valence-electron chi connectivity index (χ1n) is 5.64. The number of anilines is 1. The van der Waals surface area contributed by atoms with E-state index in [1.165, 1.54) is 6.07 Å². The second-order valence-electron chi connectivity index (χ2n) is 4.05. The summed E-state index contributed by atoms with van der Waals surface area (Å²) in [6.45, 7) is 0. The van der Waals surface area contributed by atoms with E-state index in [1.54, 1.807) is 30.6 Å². The number of rotatable bonds is 3. The van der Waals surface area contributed by atoms with Gasteiger partial charge in [0.2, 0.25) is 0 Å². The highest BCUT2D eigenvalue weighted by molar-refractivity contribution is 9.11. The van der Waals surface area contributed by atoms with Gasteiger partial charge in [0.05, 0.1) is 25.5 Å². The molecule has 0 saturated heterocycles. The van der Waals surface area contributed by atoms with Gasteiger partial charge in [-0.25, -0.2) is 8.42 Å². The van der Waals surface area contributed by atoms with Crippen LogP contribution in [0.3, 0.4) is 0 Å². The Bertz CT molecular complexity index is 908. The predicted molar refractivity (Wildman–Crippen MR) is 87.4 cm³/mol. The Labute approximate surface area is 138 Å². The highest BCUT2D eigenvalue weighted by atomic mass is 79.9. The third kappa shape index (κ3) is 3.03. The first-order valence-corrected chi connectivity index (χ1v) is 9.11. The number of aromatic nitrogens is 2. The molecule has 2 aromatic heterocycles. The Morgan fingerprint density at radius 1 is 1.14 bits per heavy atom. The molecule has 108 valence electrons. The number of nitrogens with one attached hydrogen (secondary N) is 1. The lowest BCUT2D eigenvalue weighted by Gasteiger charge is -2.06. The van der Waals surface area contributed by atoms with Gasteiger partial charge in [-0.15, -0.1) is 11.3 Å². The van der Waals surface area contributed by atoms with Crippen LogP contribution in [-0.4, -0.2) is 18.4 Å². The molecule has 0 saturated carbocycles. The van der Waals surface area contributed by atoms with Crippen LogP contribution < -0.4 is 4.72 Å². The maximum Gasteiger partial charge on any atom is 0.271 e. The number of fused-ring (bicyclic) bond motifs is 1. The molecule has 0 amide bonds. The minimum Gasteiger partial charge on any atom is -0.279 e. The van der Waals surface area contributed by atoms with E-state index in [0.717, 1.165) is 11.3 Å². The van der Waals surface area contributed by atoms with Gasteiger partial charge in [0.1, 0.15) is 4.21 Å². The molecule has 0 aliphatic carbocycles. The van der Waals surface area contributed by atoms with Crippen molar-refractivity contribution >= 4 is 65.6 Å². The molecule has 0 spiro atoms. The average Bonchev–Trinajstić information content (AvgIpc) is 2.79. The first kappa shape index (κ1) is 14.7. The van der Waals surface area contributed by atoms with Crippen LogP contribution in [0.4, 0.5) is 5.69 Å². The Morgan fingerprint density at radius 2 is 1.86 bits per heavy atom. The molecule has 21 heavy (non-hydrogen) atoms. The molecule has 0 atom stereocenters. The number of sulfonamides is 1. The highest BCUT2D eigenvalue weighted by Gasteiger charge is 2.19. The second-order valence-corrected chi connectivity index (χ2v) is 8.74. The minimum absolute atomic E-state index is 0.138. The van der Waals surface area contributed by atoms with Gasteiger partial charge >= 0.3 is 0 Å². The lowest BCUT2D eigenvalue weighted by atomic mass is 10.3. The van der Waals surface area contributed by atoms with Gasteiger partial charge in [0, 0.05) is 12.4 Å². The van der Waals surface area contributed by atoms with Crippen molar-refractivity contribution < 1.29 is 8.42 Å². The Balaban J connectivity index is 1.97. The first-order chi connectivity index (χ1) is 9.95. The highest BCUT2D eigenvalue weighted by Crippen LogP contribution is 2.35. The summed E-state index contributed by atoms with van der Waals surface area (Å²) < 4.78 is 27.8. The normalized spacial score (nSPS) is 11.7. The maximum atomic E-state index is 12.3. The van der Waals surface area contributed by atoms with Gasteiger partial charge in [-0.3, -0.25) is 14.7 Å². The van der Waals surface area contributed by atoms with E-state index in [1.807, 2.05) is 0 Å². The van der Waals surface area contributed by atoms with Crippen molar-refractivity contribution in [1.29, 1.82) is 0 Å². The minimum atomic E-state index is -3.68. The van der Waals surface area contributed by atoms with Crippen molar-refractivity contribution in [3.63, 3.8) is 0 Å². The molecule has 0 bridgehead atoms. The summed E-state index contributed by atoms with van der Waals surface area (Å²) in [6.07, 6.45) is 3.13. The summed E-state index contributed by atoms with van der Waals surface area (Å²) in [7, 11) is -3.68. The number of hydrogen-bond donors (Lipinski definition) is 1. The zero-order valence-electron chi connectivity index (χ0n) is 10.2. The van der Waals surface area contributed by atoms with E-state index in [4.69, 9.17) is 11.6 Å². The zero-order chi connectivity index (χ0) is 15.0. The molecule has 0 aliphatic heterocycles. The van der Waals surface area contributed by atoms with Crippen molar-refractivity contribution in [2.24, 2.45) is 0 Å². The Morgan fingerprint density at radius 3 is 2.52 bits per heavy atom. The Kier molecular flexibility index (Phi) is 3.87. The standard InChI is InChI=1S/C12H7BrClN3O2S2/c13-12-8(14)6-11(20-12)21(18,19)17-7-1-2-9-10(5-7)16-4-3-15-9/h1-6,17H. The lowest BCUT2D eigenvalue weighted by molar-refractivity contribution is 0.603. The molecule has 0 radical (unpaired) electrons. The second kappa shape index (κ2) is 5.53. The van der Waals surface area contributed by atoms with Crippen LogP contribution in [-0.2, 0) is 10.0 Å². The monoisotopic (exact) mass is 403 g/mol. The van der Waals surface area contributed by atoms with Crippen LogP contribution in [0.1, 0.15) is 0 Å². The van der Waals surface area contributed by atoms with E-state index in [0.29, 0.717) is 25.5 Å². The van der Waals surface area contributed by atoms with Crippen LogP contribution in [0.5, 0.6) is 0 Å². The summed E-state index contributed by atoms with van der Waals surface area (Å²) in [5.41, 5.74) is 1.73. The van der Waals surface area contributed by atoms with Gasteiger partial charge in [0.25, 0.3) is 10.0 Å². The van der Waals surface area contributed by atoms with Gasteiger partial charge < -0.3 is 0 Å². The van der Waals surface area contributed by atoms with Gasteiger partial charge in [0.15, 0.2) is 0 Å². The fourth-order valence-corrected chi connectivity index (χ4v) is 5.14. The van der Waals surface area contributed by atoms with Crippen molar-refractivity contribution in [2.75, 3.05) is 4.72 Å². The number of nitrogens with zero attached hydrogens (tertiary/aromatic N) is 2. The molecule has 2 heterocycles. The summed E-state index contributed by atoms with van der Waals surface area (Å²) in [5.74, 6) is 0. The quantitative estimate of drug-likeness (QED) is 0.718. The molecule has 1 N–H and O–H groups in total. The van der Waals surface area contributed by atoms with Crippen LogP contribution in [0.25, 0.3) is 11.0 Å². The van der Waals surface area contributed by atoms with Crippen molar-refractivity contribution in [2.45, 2.75) is 4.21 Å². The summed E-state index contributed by atoms with van der Waals surface area (Å²) in [4.78, 5) is 8.27. The van der Waals surface area contributed by atoms with Crippen LogP contribution in [0.15, 0.2) is 44.7 Å². The van der Waals surface area contributed by atoms with E-state index in [2.05, 4.69) is 30.6 Å². The average molecular weight is 405 g/mol. The number of halogens is 2. The molecule has 9 heteroatoms. The van der Waals surface area contributed by atoms with Gasteiger partial charge in [-0.1, -0.05) is 11.6 Å². The summed E-state index contributed by atoms with van der Waals surface area (Å²) in [5, 5.41) is 0.366. The van der Waals surface area contributed by atoms with Crippen LogP contribution >= 0.6 is 38.9 Å². The molecular formula is C12H7BrClN3O2S2. The largest absolute Gasteiger partial charge is 0.279 e. The van der Waals surface area contributed by atoms with Crippen LogP contribution in [0, 0.1) is 0 Å².